The van der Waals surface area contributed by atoms with E-state index in [2.05, 4.69) is 74.5 Å². The van der Waals surface area contributed by atoms with Gasteiger partial charge in [0.2, 0.25) is 0 Å². The van der Waals surface area contributed by atoms with Crippen molar-refractivity contribution in [1.82, 2.24) is 0 Å². The number of rotatable bonds is 28. The second-order valence-corrected chi connectivity index (χ2v) is 19.9. The number of ether oxygens (including phenoxy) is 2. The molecule has 0 aliphatic heterocycles. The summed E-state index contributed by atoms with van der Waals surface area (Å²) < 4.78 is 12.9. The first-order valence-corrected chi connectivity index (χ1v) is 26.1. The van der Waals surface area contributed by atoms with E-state index in [1.165, 1.54) is 109 Å². The van der Waals surface area contributed by atoms with Gasteiger partial charge < -0.3 is 29.3 Å². The zero-order valence-corrected chi connectivity index (χ0v) is 44.8. The van der Waals surface area contributed by atoms with Gasteiger partial charge in [0.25, 0.3) is 0 Å². The Bertz CT molecular complexity index is 1040. The Labute approximate surface area is 360 Å². The van der Waals surface area contributed by atoms with Gasteiger partial charge in [-0.25, -0.2) is 0 Å². The Kier molecular flexibility index (Phi) is 44.1. The van der Waals surface area contributed by atoms with Gasteiger partial charge in [-0.15, -0.1) is 0 Å². The van der Waals surface area contributed by atoms with E-state index in [4.69, 9.17) is 9.47 Å². The molecule has 0 saturated carbocycles. The molecule has 0 aromatic heterocycles. The van der Waals surface area contributed by atoms with Crippen LogP contribution in [-0.4, -0.2) is 37.1 Å². The number of aliphatic carboxylic acids is 2. The predicted molar refractivity (Wildman–Crippen MR) is 206 cm³/mol. The third-order valence-corrected chi connectivity index (χ3v) is 11.9. The number of carboxylic acid groups (broad SMARTS) is 2. The first kappa shape index (κ1) is 54.3. The van der Waals surface area contributed by atoms with Crippen molar-refractivity contribution in [3.63, 3.8) is 0 Å². The average Bonchev–Trinajstić information content (AvgIpc) is 3.15. The first-order chi connectivity index (χ1) is 26.1. The fourth-order valence-electron chi connectivity index (χ4n) is 5.06. The van der Waals surface area contributed by atoms with E-state index >= 15 is 0 Å². The van der Waals surface area contributed by atoms with Crippen molar-refractivity contribution in [3.8, 4) is 0 Å². The van der Waals surface area contributed by atoms with E-state index in [-0.39, 0.29) is 25.7 Å². The molecule has 8 nitrogen and oxygen atoms in total. The molecule has 2 aromatic carbocycles. The molecule has 0 aliphatic rings. The van der Waals surface area contributed by atoms with Gasteiger partial charge in [-0.1, -0.05) is 129 Å². The molecule has 54 heavy (non-hydrogen) atoms. The van der Waals surface area contributed by atoms with Crippen LogP contribution in [0.2, 0.25) is 0 Å². The summed E-state index contributed by atoms with van der Waals surface area (Å²) in [4.78, 5) is 42.5. The van der Waals surface area contributed by atoms with Crippen molar-refractivity contribution in [2.24, 2.45) is 0 Å². The normalized spacial score (nSPS) is 10.0. The number of carbonyl (C=O) groups is 4. The fraction of sp³-hybridized carbons (Fsp3) is 0.636. The van der Waals surface area contributed by atoms with Crippen molar-refractivity contribution >= 4 is 30.0 Å². The van der Waals surface area contributed by atoms with Crippen LogP contribution in [0.4, 0.5) is 0 Å². The molecule has 2 aromatic rings. The van der Waals surface area contributed by atoms with Crippen molar-refractivity contribution in [3.05, 3.63) is 60.7 Å². The molecule has 0 N–H and O–H groups in total. The van der Waals surface area contributed by atoms with E-state index in [0.717, 1.165) is 77.9 Å². The standard InChI is InChI=1S/2C16H30O4.2C6H5.2Hg/c2*1-2-3-4-5-6-7-8-9-10-11-14-20-16(19)13-12-15(17)18;2*1-2-4-6-5-3-1;;/h2*2-14H2,1H3,(H,17,18);2*1-5H;;/q;;;;2*+1/p-2. The van der Waals surface area contributed by atoms with Crippen LogP contribution in [0.25, 0.3) is 0 Å². The van der Waals surface area contributed by atoms with Gasteiger partial charge in [-0.05, 0) is 25.7 Å². The molecule has 296 valence electrons. The summed E-state index contributed by atoms with van der Waals surface area (Å²) in [6.45, 7) is 5.27. The number of benzene rings is 2. The number of carboxylic acids is 2. The number of hydrogen-bond donors (Lipinski definition) is 0. The Hall–Kier alpha value is -1.81. The molecule has 0 unspecified atom stereocenters. The molecule has 0 atom stereocenters. The Balaban J connectivity index is 0. The third kappa shape index (κ3) is 48.2. The molecule has 0 fully saturated rings. The van der Waals surface area contributed by atoms with Gasteiger partial charge >= 0.3 is 131 Å². The van der Waals surface area contributed by atoms with E-state index in [1.807, 2.05) is 0 Å². The fourth-order valence-corrected chi connectivity index (χ4v) is 7.18. The van der Waals surface area contributed by atoms with Crippen molar-refractivity contribution in [1.29, 1.82) is 0 Å². The maximum absolute atomic E-state index is 11.1. The average molecular weight is 1130 g/mol. The van der Waals surface area contributed by atoms with Crippen LogP contribution in [0.1, 0.15) is 168 Å². The Morgan fingerprint density at radius 3 is 0.907 bits per heavy atom. The monoisotopic (exact) mass is 1130 g/mol. The van der Waals surface area contributed by atoms with E-state index < -0.39 is 23.9 Å². The summed E-state index contributed by atoms with van der Waals surface area (Å²) >= 11 is 1.62. The third-order valence-electron chi connectivity index (χ3n) is 8.27. The van der Waals surface area contributed by atoms with Gasteiger partial charge in [-0.3, -0.25) is 9.59 Å². The minimum absolute atomic E-state index is 0.0832. The zero-order valence-electron chi connectivity index (χ0n) is 33.8. The molecule has 0 bridgehead atoms. The summed E-state index contributed by atoms with van der Waals surface area (Å²) in [5, 5.41) is 20.3. The molecule has 0 saturated heterocycles. The molecular formula is C44H68Hg2O8. The molecular weight excluding hydrogens is 1060 g/mol. The van der Waals surface area contributed by atoms with Gasteiger partial charge in [0.15, 0.2) is 0 Å². The molecule has 0 spiro atoms. The van der Waals surface area contributed by atoms with Crippen LogP contribution in [-0.2, 0) is 80.9 Å². The summed E-state index contributed by atoms with van der Waals surface area (Å²) in [5.41, 5.74) is 0. The van der Waals surface area contributed by atoms with Crippen LogP contribution in [0.15, 0.2) is 60.7 Å². The molecule has 0 radical (unpaired) electrons. The van der Waals surface area contributed by atoms with Crippen molar-refractivity contribution < 1.29 is 91.1 Å². The zero-order chi connectivity index (χ0) is 40.3. The molecule has 0 amide bonds. The Morgan fingerprint density at radius 2 is 0.685 bits per heavy atom. The second kappa shape index (κ2) is 43.9. The molecule has 2 rings (SSSR count). The van der Waals surface area contributed by atoms with E-state index in [9.17, 15) is 29.4 Å². The maximum atomic E-state index is 11.1. The summed E-state index contributed by atoms with van der Waals surface area (Å²) in [5.74, 6) is -3.29. The van der Waals surface area contributed by atoms with Crippen LogP contribution >= 0.6 is 0 Å². The van der Waals surface area contributed by atoms with Crippen molar-refractivity contribution in [2.45, 2.75) is 168 Å². The van der Waals surface area contributed by atoms with Crippen molar-refractivity contribution in [2.75, 3.05) is 13.2 Å². The number of unbranched alkanes of at least 4 members (excludes halogenated alkanes) is 18. The van der Waals surface area contributed by atoms with Gasteiger partial charge in [0.05, 0.1) is 26.1 Å². The summed E-state index contributed by atoms with van der Waals surface area (Å²) in [6.07, 6.45) is 24.1. The van der Waals surface area contributed by atoms with Crippen LogP contribution in [0, 0.1) is 0 Å². The van der Waals surface area contributed by atoms with E-state index in [1.54, 1.807) is 0 Å². The number of carbonyl (C=O) groups excluding carboxylic acids is 4. The first-order valence-electron chi connectivity index (χ1n) is 20.6. The predicted octanol–water partition coefficient (Wildman–Crippen LogP) is 7.68. The van der Waals surface area contributed by atoms with Gasteiger partial charge in [0, 0.05) is 11.9 Å². The topological polar surface area (TPSA) is 133 Å². The van der Waals surface area contributed by atoms with Crippen LogP contribution in [0.5, 0.6) is 0 Å². The van der Waals surface area contributed by atoms with Gasteiger partial charge in [0.1, 0.15) is 0 Å². The minimum atomic E-state index is -1.21. The number of esters is 2. The Morgan fingerprint density at radius 1 is 0.426 bits per heavy atom. The van der Waals surface area contributed by atoms with Gasteiger partial charge in [-0.2, -0.15) is 0 Å². The molecule has 0 aliphatic carbocycles. The van der Waals surface area contributed by atoms with Crippen LogP contribution in [0.3, 0.4) is 0 Å². The van der Waals surface area contributed by atoms with E-state index in [0.29, 0.717) is 13.2 Å². The second-order valence-electron chi connectivity index (χ2n) is 13.5. The molecule has 0 heterocycles. The van der Waals surface area contributed by atoms with Crippen LogP contribution < -0.4 is 16.4 Å². The SMILES string of the molecule is CCCCCCCCCCCCOC(=O)CCC(=O)[O-].CCCCCCCCCCCCOC(=O)CCC(=O)[O-].[Hg+][c]1ccccc1.[Hg+][c]1ccccc1. The summed E-state index contributed by atoms with van der Waals surface area (Å²) in [6, 6.07) is 21.1. The quantitative estimate of drug-likeness (QED) is 0.0482. The molecule has 10 heteroatoms. The number of hydrogen-bond acceptors (Lipinski definition) is 8. The summed E-state index contributed by atoms with van der Waals surface area (Å²) in [7, 11) is 0.